The lowest BCUT2D eigenvalue weighted by Gasteiger charge is -2.15. The number of hydrogen-bond acceptors (Lipinski definition) is 7. The van der Waals surface area contributed by atoms with Crippen LogP contribution in [0.15, 0.2) is 69.7 Å². The largest absolute Gasteiger partial charge is 0.454 e. The van der Waals surface area contributed by atoms with Gasteiger partial charge in [0.25, 0.3) is 5.56 Å². The maximum Gasteiger partial charge on any atom is 0.338 e. The van der Waals surface area contributed by atoms with Gasteiger partial charge in [0.15, 0.2) is 0 Å². The van der Waals surface area contributed by atoms with E-state index < -0.39 is 16.0 Å². The van der Waals surface area contributed by atoms with Crippen molar-refractivity contribution in [3.05, 3.63) is 81.7 Å². The van der Waals surface area contributed by atoms with Crippen LogP contribution in [0.5, 0.6) is 0 Å². The third-order valence-corrected chi connectivity index (χ3v) is 8.50. The fourth-order valence-electron chi connectivity index (χ4n) is 3.95. The SMILES string of the molecule is O=C(OCc1nc2scc(-c3ccccc3)c2c(=O)[nH]1)c1ccc(S(=O)(=O)N2CCCC2)cc1. The number of fused-ring (bicyclic) bond motifs is 1. The highest BCUT2D eigenvalue weighted by Crippen LogP contribution is 2.30. The Morgan fingerprint density at radius 1 is 1.06 bits per heavy atom. The Morgan fingerprint density at radius 3 is 2.47 bits per heavy atom. The zero-order valence-corrected chi connectivity index (χ0v) is 19.7. The molecule has 174 valence electrons. The number of aromatic nitrogens is 2. The van der Waals surface area contributed by atoms with E-state index in [4.69, 9.17) is 4.74 Å². The van der Waals surface area contributed by atoms with E-state index >= 15 is 0 Å². The van der Waals surface area contributed by atoms with Gasteiger partial charge in [-0.2, -0.15) is 4.31 Å². The predicted molar refractivity (Wildman–Crippen MR) is 129 cm³/mol. The molecule has 0 spiro atoms. The summed E-state index contributed by atoms with van der Waals surface area (Å²) in [5, 5.41) is 2.39. The van der Waals surface area contributed by atoms with E-state index in [1.807, 2.05) is 35.7 Å². The van der Waals surface area contributed by atoms with Crippen LogP contribution in [0.3, 0.4) is 0 Å². The molecule has 0 atom stereocenters. The number of carbonyl (C=O) groups is 1. The molecule has 1 saturated heterocycles. The Bertz CT molecular complexity index is 1500. The smallest absolute Gasteiger partial charge is 0.338 e. The fourth-order valence-corrected chi connectivity index (χ4v) is 6.43. The van der Waals surface area contributed by atoms with Crippen LogP contribution in [-0.2, 0) is 21.4 Å². The van der Waals surface area contributed by atoms with Gasteiger partial charge < -0.3 is 9.72 Å². The van der Waals surface area contributed by atoms with E-state index in [-0.39, 0.29) is 28.4 Å². The van der Waals surface area contributed by atoms with Gasteiger partial charge in [0, 0.05) is 24.0 Å². The highest BCUT2D eigenvalue weighted by atomic mass is 32.2. The minimum Gasteiger partial charge on any atom is -0.454 e. The molecule has 3 heterocycles. The number of H-pyrrole nitrogens is 1. The van der Waals surface area contributed by atoms with Gasteiger partial charge in [-0.1, -0.05) is 30.3 Å². The molecule has 8 nitrogen and oxygen atoms in total. The molecule has 0 aliphatic carbocycles. The fraction of sp³-hybridized carbons (Fsp3) is 0.208. The number of rotatable bonds is 6. The molecule has 1 N–H and O–H groups in total. The number of esters is 1. The van der Waals surface area contributed by atoms with Crippen LogP contribution in [0.2, 0.25) is 0 Å². The summed E-state index contributed by atoms with van der Waals surface area (Å²) in [4.78, 5) is 33.0. The predicted octanol–water partition coefficient (Wildman–Crippen LogP) is 3.79. The van der Waals surface area contributed by atoms with Gasteiger partial charge in [0.05, 0.1) is 15.8 Å². The second kappa shape index (κ2) is 9.13. The molecule has 0 bridgehead atoms. The van der Waals surface area contributed by atoms with Gasteiger partial charge in [-0.15, -0.1) is 11.3 Å². The molecular weight excluding hydrogens is 474 g/mol. The van der Waals surface area contributed by atoms with Crippen molar-refractivity contribution in [2.45, 2.75) is 24.3 Å². The lowest BCUT2D eigenvalue weighted by Crippen LogP contribution is -2.27. The molecule has 1 aliphatic rings. The van der Waals surface area contributed by atoms with E-state index in [2.05, 4.69) is 9.97 Å². The average molecular weight is 496 g/mol. The van der Waals surface area contributed by atoms with Crippen molar-refractivity contribution in [1.82, 2.24) is 14.3 Å². The first kappa shape index (κ1) is 22.5. The number of sulfonamides is 1. The summed E-state index contributed by atoms with van der Waals surface area (Å²) in [7, 11) is -3.55. The highest BCUT2D eigenvalue weighted by Gasteiger charge is 2.27. The summed E-state index contributed by atoms with van der Waals surface area (Å²) in [5.41, 5.74) is 1.65. The molecule has 10 heteroatoms. The van der Waals surface area contributed by atoms with E-state index in [1.54, 1.807) is 0 Å². The second-order valence-electron chi connectivity index (χ2n) is 7.92. The summed E-state index contributed by atoms with van der Waals surface area (Å²) < 4.78 is 32.0. The molecule has 0 radical (unpaired) electrons. The molecule has 5 rings (SSSR count). The second-order valence-corrected chi connectivity index (χ2v) is 10.7. The molecule has 0 amide bonds. The number of thiophene rings is 1. The first-order chi connectivity index (χ1) is 16.4. The molecule has 0 unspecified atom stereocenters. The highest BCUT2D eigenvalue weighted by molar-refractivity contribution is 7.89. The van der Waals surface area contributed by atoms with Crippen molar-refractivity contribution in [2.24, 2.45) is 0 Å². The van der Waals surface area contributed by atoms with Crippen molar-refractivity contribution in [1.29, 1.82) is 0 Å². The molecule has 34 heavy (non-hydrogen) atoms. The Labute approximate surface area is 199 Å². The van der Waals surface area contributed by atoms with Crippen LogP contribution < -0.4 is 5.56 Å². The number of carbonyl (C=O) groups excluding carboxylic acids is 1. The molecule has 1 fully saturated rings. The molecule has 4 aromatic rings. The summed E-state index contributed by atoms with van der Waals surface area (Å²) in [6.45, 7) is 0.813. The van der Waals surface area contributed by atoms with Gasteiger partial charge in [-0.3, -0.25) is 4.79 Å². The summed E-state index contributed by atoms with van der Waals surface area (Å²) >= 11 is 1.35. The summed E-state index contributed by atoms with van der Waals surface area (Å²) in [6.07, 6.45) is 1.70. The zero-order chi connectivity index (χ0) is 23.7. The van der Waals surface area contributed by atoms with E-state index in [0.717, 1.165) is 24.0 Å². The van der Waals surface area contributed by atoms with Crippen LogP contribution in [0.1, 0.15) is 29.0 Å². The average Bonchev–Trinajstić information content (AvgIpc) is 3.54. The van der Waals surface area contributed by atoms with Crippen LogP contribution in [0.25, 0.3) is 21.3 Å². The Kier molecular flexibility index (Phi) is 6.03. The normalized spacial score (nSPS) is 14.5. The summed E-state index contributed by atoms with van der Waals surface area (Å²) in [6, 6.07) is 15.3. The van der Waals surface area contributed by atoms with Gasteiger partial charge in [-0.05, 0) is 42.7 Å². The maximum atomic E-state index is 12.7. The van der Waals surface area contributed by atoms with Crippen LogP contribution >= 0.6 is 11.3 Å². The molecule has 0 saturated carbocycles. The van der Waals surface area contributed by atoms with Crippen molar-refractivity contribution >= 4 is 37.5 Å². The summed E-state index contributed by atoms with van der Waals surface area (Å²) in [5.74, 6) is -0.399. The quantitative estimate of drug-likeness (QED) is 0.408. The molecule has 2 aromatic heterocycles. The third-order valence-electron chi connectivity index (χ3n) is 5.71. The minimum absolute atomic E-state index is 0.148. The zero-order valence-electron chi connectivity index (χ0n) is 18.1. The Hall–Kier alpha value is -3.34. The topological polar surface area (TPSA) is 109 Å². The van der Waals surface area contributed by atoms with Gasteiger partial charge >= 0.3 is 5.97 Å². The van der Waals surface area contributed by atoms with Gasteiger partial charge in [0.2, 0.25) is 10.0 Å². The van der Waals surface area contributed by atoms with E-state index in [0.29, 0.717) is 23.3 Å². The first-order valence-electron chi connectivity index (χ1n) is 10.8. The maximum absolute atomic E-state index is 12.7. The van der Waals surface area contributed by atoms with Crippen molar-refractivity contribution in [3.63, 3.8) is 0 Å². The van der Waals surface area contributed by atoms with E-state index in [1.165, 1.54) is 39.9 Å². The standard InChI is InChI=1S/C24H21N3O5S2/c28-22-21-19(16-6-2-1-3-7-16)15-33-23(21)26-20(25-22)14-32-24(29)17-8-10-18(11-9-17)34(30,31)27-12-4-5-13-27/h1-3,6-11,15H,4-5,12-14H2,(H,25,26,28). The number of hydrogen-bond donors (Lipinski definition) is 1. The van der Waals surface area contributed by atoms with Gasteiger partial charge in [-0.25, -0.2) is 18.2 Å². The number of benzene rings is 2. The lowest BCUT2D eigenvalue weighted by molar-refractivity contribution is 0.0462. The van der Waals surface area contributed by atoms with Crippen molar-refractivity contribution in [2.75, 3.05) is 13.1 Å². The van der Waals surface area contributed by atoms with Crippen LogP contribution in [0, 0.1) is 0 Å². The number of aromatic amines is 1. The molecule has 2 aromatic carbocycles. The lowest BCUT2D eigenvalue weighted by atomic mass is 10.1. The first-order valence-corrected chi connectivity index (χ1v) is 13.1. The third kappa shape index (κ3) is 4.27. The minimum atomic E-state index is -3.55. The van der Waals surface area contributed by atoms with Crippen molar-refractivity contribution in [3.8, 4) is 11.1 Å². The van der Waals surface area contributed by atoms with Gasteiger partial charge in [0.1, 0.15) is 17.3 Å². The number of ether oxygens (including phenoxy) is 1. The van der Waals surface area contributed by atoms with Crippen molar-refractivity contribution < 1.29 is 17.9 Å². The molecule has 1 aliphatic heterocycles. The number of nitrogens with one attached hydrogen (secondary N) is 1. The van der Waals surface area contributed by atoms with E-state index in [9.17, 15) is 18.0 Å². The monoisotopic (exact) mass is 495 g/mol. The number of nitrogens with zero attached hydrogens (tertiary/aromatic N) is 2. The molecular formula is C24H21N3O5S2. The Balaban J connectivity index is 1.30. The van der Waals surface area contributed by atoms with Crippen LogP contribution in [0.4, 0.5) is 0 Å². The van der Waals surface area contributed by atoms with Crippen LogP contribution in [-0.4, -0.2) is 41.7 Å². The Morgan fingerprint density at radius 2 is 1.76 bits per heavy atom.